The van der Waals surface area contributed by atoms with Crippen LogP contribution < -0.4 is 43.0 Å². The Morgan fingerprint density at radius 1 is 0.565 bits per heavy atom. The van der Waals surface area contributed by atoms with Crippen LogP contribution in [0.5, 0.6) is 0 Å². The number of imidazole rings is 2. The van der Waals surface area contributed by atoms with Crippen molar-refractivity contribution in [2.24, 2.45) is 5.73 Å². The number of carbonyl (C=O) groups excluding carboxylic acids is 8. The van der Waals surface area contributed by atoms with E-state index >= 15 is 0 Å². The maximum Gasteiger partial charge on any atom is 0.326 e. The molecule has 0 spiro atoms. The molecule has 2 aromatic carbocycles. The molecule has 0 saturated carbocycles. The first kappa shape index (κ1) is 64.1. The number of aliphatic hydroxyl groups excluding tert-OH is 1. The Balaban J connectivity index is 1.20. The summed E-state index contributed by atoms with van der Waals surface area (Å²) in [4.78, 5) is 177. The molecule has 31 heteroatoms. The van der Waals surface area contributed by atoms with Crippen molar-refractivity contribution in [3.63, 3.8) is 0 Å². The average molecular weight is 1180 g/mol. The van der Waals surface area contributed by atoms with Crippen LogP contribution in [0.1, 0.15) is 67.5 Å². The van der Waals surface area contributed by atoms with Gasteiger partial charge in [-0.15, -0.1) is 0 Å². The Bertz CT molecular complexity index is 3170. The maximum atomic E-state index is 14.4. The van der Waals surface area contributed by atoms with Crippen molar-refractivity contribution in [2.75, 3.05) is 13.2 Å². The van der Waals surface area contributed by atoms with Gasteiger partial charge in [0.05, 0.1) is 31.7 Å². The van der Waals surface area contributed by atoms with E-state index in [4.69, 9.17) is 15.9 Å². The Kier molecular flexibility index (Phi) is 23.3. The summed E-state index contributed by atoms with van der Waals surface area (Å²) in [6.07, 6.45) is 3.08. The van der Waals surface area contributed by atoms with Crippen molar-refractivity contribution in [2.45, 2.75) is 125 Å². The molecule has 454 valence electrons. The Morgan fingerprint density at radius 3 is 1.62 bits per heavy atom. The van der Waals surface area contributed by atoms with Gasteiger partial charge in [-0.1, -0.05) is 48.5 Å². The lowest BCUT2D eigenvalue weighted by Crippen LogP contribution is -2.61. The molecule has 9 unspecified atom stereocenters. The molecular formula is C54H66N14O17. The van der Waals surface area contributed by atoms with Crippen LogP contribution in [0.25, 0.3) is 10.9 Å². The molecule has 1 aliphatic rings. The molecule has 3 aromatic heterocycles. The van der Waals surface area contributed by atoms with Crippen LogP contribution in [0.2, 0.25) is 0 Å². The average Bonchev–Trinajstić information content (AvgIpc) is 3.83. The molecule has 17 N–H and O–H groups in total. The maximum absolute atomic E-state index is 14.4. The lowest BCUT2D eigenvalue weighted by molar-refractivity contribution is -0.146. The van der Waals surface area contributed by atoms with Crippen molar-refractivity contribution >= 4 is 82.0 Å². The number of nitrogens with zero attached hydrogens (tertiary/aromatic N) is 3. The number of rotatable bonds is 33. The van der Waals surface area contributed by atoms with Crippen LogP contribution in [0.4, 0.5) is 0 Å². The highest BCUT2D eigenvalue weighted by Crippen LogP contribution is 2.22. The number of carboxylic acid groups (broad SMARTS) is 4. The Hall–Kier alpha value is -10.0. The first-order valence-corrected chi connectivity index (χ1v) is 26.8. The molecule has 9 atom stereocenters. The van der Waals surface area contributed by atoms with Crippen LogP contribution in [0.15, 0.2) is 85.8 Å². The Morgan fingerprint density at radius 2 is 1.07 bits per heavy atom. The fraction of sp³-hybridized carbons (Fsp3) is 0.407. The molecule has 1 aliphatic heterocycles. The van der Waals surface area contributed by atoms with Gasteiger partial charge >= 0.3 is 23.9 Å². The minimum absolute atomic E-state index is 0.00629. The normalized spacial score (nSPS) is 15.7. The molecule has 5 aromatic rings. The molecular weight excluding hydrogens is 1120 g/mol. The highest BCUT2D eigenvalue weighted by molar-refractivity contribution is 5.99. The fourth-order valence-electron chi connectivity index (χ4n) is 9.36. The molecule has 8 amide bonds. The van der Waals surface area contributed by atoms with Gasteiger partial charge < -0.3 is 88.3 Å². The van der Waals surface area contributed by atoms with Crippen LogP contribution in [-0.2, 0) is 83.2 Å². The summed E-state index contributed by atoms with van der Waals surface area (Å²) in [7, 11) is 0. The summed E-state index contributed by atoms with van der Waals surface area (Å²) >= 11 is 0. The number of nitrogens with one attached hydrogen (secondary N) is 10. The number of para-hydroxylation sites is 1. The first-order chi connectivity index (χ1) is 40.6. The molecule has 31 nitrogen and oxygen atoms in total. The number of aliphatic hydroxyl groups is 1. The van der Waals surface area contributed by atoms with Crippen molar-refractivity contribution in [1.29, 1.82) is 0 Å². The molecule has 4 heterocycles. The topological polar surface area (TPSA) is 493 Å². The molecule has 0 aliphatic carbocycles. The minimum Gasteiger partial charge on any atom is -0.481 e. The number of aliphatic carboxylic acids is 4. The number of carbonyl (C=O) groups is 12. The largest absolute Gasteiger partial charge is 0.481 e. The summed E-state index contributed by atoms with van der Waals surface area (Å²) < 4.78 is 0. The number of carboxylic acids is 4. The third-order valence-electron chi connectivity index (χ3n) is 13.8. The third-order valence-corrected chi connectivity index (χ3v) is 13.8. The summed E-state index contributed by atoms with van der Waals surface area (Å²) in [5, 5.41) is 66.4. The Labute approximate surface area is 483 Å². The number of hydrogen-bond donors (Lipinski definition) is 16. The monoisotopic (exact) mass is 1180 g/mol. The van der Waals surface area contributed by atoms with E-state index in [9.17, 15) is 72.9 Å². The second-order valence-corrected chi connectivity index (χ2v) is 20.0. The summed E-state index contributed by atoms with van der Waals surface area (Å²) in [6, 6.07) is 0.912. The summed E-state index contributed by atoms with van der Waals surface area (Å²) in [5.74, 6) is -13.8. The predicted molar refractivity (Wildman–Crippen MR) is 294 cm³/mol. The van der Waals surface area contributed by atoms with E-state index in [0.29, 0.717) is 27.7 Å². The van der Waals surface area contributed by atoms with E-state index in [-0.39, 0.29) is 50.8 Å². The van der Waals surface area contributed by atoms with E-state index in [1.807, 2.05) is 0 Å². The van der Waals surface area contributed by atoms with Gasteiger partial charge in [0.15, 0.2) is 0 Å². The molecule has 1 fully saturated rings. The van der Waals surface area contributed by atoms with E-state index in [2.05, 4.69) is 62.1 Å². The molecule has 85 heavy (non-hydrogen) atoms. The van der Waals surface area contributed by atoms with Crippen LogP contribution in [0.3, 0.4) is 0 Å². The van der Waals surface area contributed by atoms with E-state index < -0.39 is 164 Å². The molecule has 0 radical (unpaired) electrons. The van der Waals surface area contributed by atoms with Crippen LogP contribution >= 0.6 is 0 Å². The lowest BCUT2D eigenvalue weighted by Gasteiger charge is -2.30. The van der Waals surface area contributed by atoms with Gasteiger partial charge in [0, 0.05) is 86.0 Å². The standard InChI is InChI=1S/C54H66N14O17/c55-33(12-14-43(70)71)46(76)62-38(19-30-23-56-26-59-30)49(79)63-37(18-29-22-58-34-10-5-4-9-32(29)34)48(78)67-41(25-69)51(81)64-39(20-31-24-57-27-60-31)50(80)66-40(21-45(74)75)53(83)68-16-6-11-42(68)52(82)65-36(17-28-7-2-1-3-8-28)47(77)61-35(54(84)85)13-15-44(72)73/h1-5,7-10,22-24,26-27,33,35-42,58,69H,6,11-21,25,55H2,(H,56,59)(H,57,60)(H,61,77)(H,62,76)(H,63,79)(H,64,81)(H,65,82)(H,66,80)(H,67,78)(H,70,71)(H,72,73)(H,74,75)(H,84,85). The van der Waals surface area contributed by atoms with Gasteiger partial charge in [0.1, 0.15) is 48.3 Å². The SMILES string of the molecule is NC(CCC(=O)O)C(=O)NC(Cc1cnc[nH]1)C(=O)NC(Cc1c[nH]c2ccccc12)C(=O)NC(CO)C(=O)NC(Cc1cnc[nH]1)C(=O)NC(CC(=O)O)C(=O)N1CCCC1C(=O)NC(Cc1ccccc1)C(=O)NC(CCC(=O)O)C(=O)O. The number of benzene rings is 2. The second-order valence-electron chi connectivity index (χ2n) is 20.0. The highest BCUT2D eigenvalue weighted by atomic mass is 16.4. The number of aromatic nitrogens is 5. The lowest BCUT2D eigenvalue weighted by atomic mass is 10.0. The van der Waals surface area contributed by atoms with Crippen molar-refractivity contribution < 1.29 is 83.1 Å². The van der Waals surface area contributed by atoms with E-state index in [1.165, 1.54) is 25.0 Å². The molecule has 1 saturated heterocycles. The van der Waals surface area contributed by atoms with Crippen molar-refractivity contribution in [1.82, 2.24) is 67.0 Å². The molecule has 6 rings (SSSR count). The van der Waals surface area contributed by atoms with Gasteiger partial charge in [0.25, 0.3) is 0 Å². The zero-order chi connectivity index (χ0) is 61.7. The van der Waals surface area contributed by atoms with Crippen molar-refractivity contribution in [3.8, 4) is 0 Å². The molecule has 0 bridgehead atoms. The van der Waals surface area contributed by atoms with Crippen LogP contribution in [-0.4, -0.2) is 194 Å². The highest BCUT2D eigenvalue weighted by Gasteiger charge is 2.41. The third kappa shape index (κ3) is 19.0. The number of nitrogens with two attached hydrogens (primary N) is 1. The quantitative estimate of drug-likeness (QED) is 0.0198. The zero-order valence-electron chi connectivity index (χ0n) is 45.5. The number of amides is 8. The van der Waals surface area contributed by atoms with E-state index in [1.54, 1.807) is 60.8 Å². The summed E-state index contributed by atoms with van der Waals surface area (Å²) in [5.41, 5.74) is 8.25. The van der Waals surface area contributed by atoms with E-state index in [0.717, 1.165) is 4.90 Å². The number of fused-ring (bicyclic) bond motifs is 1. The van der Waals surface area contributed by atoms with Gasteiger partial charge in [-0.05, 0) is 42.9 Å². The fourth-order valence-corrected chi connectivity index (χ4v) is 9.36. The zero-order valence-corrected chi connectivity index (χ0v) is 45.5. The number of H-pyrrole nitrogens is 3. The van der Waals surface area contributed by atoms with Gasteiger partial charge in [-0.2, -0.15) is 0 Å². The van der Waals surface area contributed by atoms with Crippen molar-refractivity contribution in [3.05, 3.63) is 108 Å². The smallest absolute Gasteiger partial charge is 0.326 e. The van der Waals surface area contributed by atoms with Gasteiger partial charge in [-0.25, -0.2) is 14.8 Å². The first-order valence-electron chi connectivity index (χ1n) is 26.8. The number of aromatic amines is 3. The van der Waals surface area contributed by atoms with Gasteiger partial charge in [-0.3, -0.25) is 52.7 Å². The summed E-state index contributed by atoms with van der Waals surface area (Å²) in [6.45, 7) is -1.24. The number of hydrogen-bond acceptors (Lipinski definition) is 16. The van der Waals surface area contributed by atoms with Gasteiger partial charge in [0.2, 0.25) is 47.3 Å². The van der Waals surface area contributed by atoms with Crippen LogP contribution in [0, 0.1) is 0 Å². The minimum atomic E-state index is -1.90. The predicted octanol–water partition coefficient (Wildman–Crippen LogP) is -3.12. The number of likely N-dealkylation sites (tertiary alicyclic amines) is 1. The second kappa shape index (κ2) is 30.9.